The van der Waals surface area contributed by atoms with Gasteiger partial charge < -0.3 is 9.57 Å². The van der Waals surface area contributed by atoms with Gasteiger partial charge in [0.1, 0.15) is 12.4 Å². The van der Waals surface area contributed by atoms with Gasteiger partial charge in [0, 0.05) is 5.56 Å². The van der Waals surface area contributed by atoms with Crippen molar-refractivity contribution in [2.75, 3.05) is 7.11 Å². The first-order valence-corrected chi connectivity index (χ1v) is 8.48. The standard InChI is InChI=1S/C16H12I2N2O2/c1-21-16-14(17)6-11(7-15(16)18)9-20-22-10-13-5-3-2-4-12(13)8-19/h2-7,9H,10H2,1H3/b20-9-. The highest BCUT2D eigenvalue weighted by Crippen LogP contribution is 2.28. The number of halogens is 2. The first-order valence-electron chi connectivity index (χ1n) is 6.32. The van der Waals surface area contributed by atoms with Gasteiger partial charge >= 0.3 is 0 Å². The lowest BCUT2D eigenvalue weighted by Gasteiger charge is -2.07. The fourth-order valence-electron chi connectivity index (χ4n) is 1.81. The van der Waals surface area contributed by atoms with Gasteiger partial charge in [0.05, 0.1) is 32.1 Å². The van der Waals surface area contributed by atoms with Crippen molar-refractivity contribution in [2.24, 2.45) is 5.16 Å². The topological polar surface area (TPSA) is 54.6 Å². The fraction of sp³-hybridized carbons (Fsp3) is 0.125. The Morgan fingerprint density at radius 2 is 1.91 bits per heavy atom. The largest absolute Gasteiger partial charge is 0.495 e. The van der Waals surface area contributed by atoms with Gasteiger partial charge in [0.2, 0.25) is 0 Å². The summed E-state index contributed by atoms with van der Waals surface area (Å²) in [6, 6.07) is 13.4. The van der Waals surface area contributed by atoms with Gasteiger partial charge in [0.25, 0.3) is 0 Å². The Labute approximate surface area is 156 Å². The number of methoxy groups -OCH3 is 1. The summed E-state index contributed by atoms with van der Waals surface area (Å²) in [6.45, 7) is 0.268. The lowest BCUT2D eigenvalue weighted by molar-refractivity contribution is 0.132. The van der Waals surface area contributed by atoms with Crippen molar-refractivity contribution in [3.8, 4) is 11.8 Å². The number of nitrogens with zero attached hydrogens (tertiary/aromatic N) is 2. The van der Waals surface area contributed by atoms with E-state index in [4.69, 9.17) is 14.8 Å². The van der Waals surface area contributed by atoms with E-state index >= 15 is 0 Å². The number of oxime groups is 1. The zero-order valence-corrected chi connectivity index (χ0v) is 16.0. The average molecular weight is 518 g/mol. The monoisotopic (exact) mass is 518 g/mol. The molecule has 0 N–H and O–H groups in total. The van der Waals surface area contributed by atoms with Crippen molar-refractivity contribution in [1.29, 1.82) is 5.26 Å². The summed E-state index contributed by atoms with van der Waals surface area (Å²) in [5, 5.41) is 13.0. The van der Waals surface area contributed by atoms with Gasteiger partial charge in [-0.3, -0.25) is 0 Å². The zero-order valence-electron chi connectivity index (χ0n) is 11.7. The van der Waals surface area contributed by atoms with Crippen LogP contribution in [0.1, 0.15) is 16.7 Å². The minimum absolute atomic E-state index is 0.268. The SMILES string of the molecule is COc1c(I)cc(/C=N\OCc2ccccc2C#N)cc1I. The van der Waals surface area contributed by atoms with Gasteiger partial charge in [-0.25, -0.2) is 0 Å². The maximum absolute atomic E-state index is 9.01. The zero-order chi connectivity index (χ0) is 15.9. The number of ether oxygens (including phenoxy) is 1. The Hall–Kier alpha value is -1.34. The van der Waals surface area contributed by atoms with Crippen LogP contribution in [-0.4, -0.2) is 13.3 Å². The molecule has 2 aromatic carbocycles. The van der Waals surface area contributed by atoms with Crippen molar-refractivity contribution < 1.29 is 9.57 Å². The summed E-state index contributed by atoms with van der Waals surface area (Å²) in [7, 11) is 1.66. The molecule has 6 heteroatoms. The molecule has 22 heavy (non-hydrogen) atoms. The highest BCUT2D eigenvalue weighted by molar-refractivity contribution is 14.1. The molecule has 0 radical (unpaired) electrons. The van der Waals surface area contributed by atoms with E-state index in [2.05, 4.69) is 56.4 Å². The highest BCUT2D eigenvalue weighted by Gasteiger charge is 2.06. The summed E-state index contributed by atoms with van der Waals surface area (Å²) in [5.74, 6) is 0.863. The van der Waals surface area contributed by atoms with E-state index in [9.17, 15) is 0 Å². The maximum atomic E-state index is 9.01. The molecule has 0 fully saturated rings. The van der Waals surface area contributed by atoms with E-state index in [1.807, 2.05) is 30.3 Å². The fourth-order valence-corrected chi connectivity index (χ4v) is 4.07. The predicted molar refractivity (Wildman–Crippen MR) is 102 cm³/mol. The molecule has 2 aromatic rings. The van der Waals surface area contributed by atoms with E-state index < -0.39 is 0 Å². The third-order valence-electron chi connectivity index (χ3n) is 2.86. The van der Waals surface area contributed by atoms with Gasteiger partial charge in [-0.15, -0.1) is 0 Å². The molecule has 2 rings (SSSR count). The highest BCUT2D eigenvalue weighted by atomic mass is 127. The quantitative estimate of drug-likeness (QED) is 0.337. The summed E-state index contributed by atoms with van der Waals surface area (Å²) in [4.78, 5) is 5.28. The van der Waals surface area contributed by atoms with E-state index in [1.165, 1.54) is 0 Å². The second-order valence-electron chi connectivity index (χ2n) is 4.29. The third kappa shape index (κ3) is 4.33. The van der Waals surface area contributed by atoms with E-state index in [0.29, 0.717) is 5.56 Å². The normalized spacial score (nSPS) is 10.5. The first kappa shape index (κ1) is 17.0. The van der Waals surface area contributed by atoms with Crippen molar-refractivity contribution in [3.05, 3.63) is 60.2 Å². The van der Waals surface area contributed by atoms with Crippen molar-refractivity contribution >= 4 is 51.4 Å². The second kappa shape index (κ2) is 8.33. The summed E-state index contributed by atoms with van der Waals surface area (Å²) in [6.07, 6.45) is 1.65. The van der Waals surface area contributed by atoms with Crippen molar-refractivity contribution in [1.82, 2.24) is 0 Å². The maximum Gasteiger partial charge on any atom is 0.145 e. The number of rotatable bonds is 5. The molecule has 0 saturated carbocycles. The minimum atomic E-state index is 0.268. The summed E-state index contributed by atoms with van der Waals surface area (Å²) >= 11 is 4.45. The van der Waals surface area contributed by atoms with E-state index in [1.54, 1.807) is 19.4 Å². The van der Waals surface area contributed by atoms with Gasteiger partial charge in [-0.2, -0.15) is 5.26 Å². The molecule has 0 heterocycles. The van der Waals surface area contributed by atoms with Crippen LogP contribution in [0.3, 0.4) is 0 Å². The molecule has 0 spiro atoms. The lowest BCUT2D eigenvalue weighted by Crippen LogP contribution is -1.95. The molecular formula is C16H12I2N2O2. The molecule has 0 aromatic heterocycles. The molecule has 0 aliphatic rings. The molecule has 0 atom stereocenters. The molecule has 4 nitrogen and oxygen atoms in total. The smallest absolute Gasteiger partial charge is 0.145 e. The summed E-state index contributed by atoms with van der Waals surface area (Å²) < 4.78 is 7.35. The summed E-state index contributed by atoms with van der Waals surface area (Å²) in [5.41, 5.74) is 2.36. The number of benzene rings is 2. The average Bonchev–Trinajstić information content (AvgIpc) is 2.51. The van der Waals surface area contributed by atoms with Gasteiger partial charge in [-0.05, 0) is 68.9 Å². The Kier molecular flexibility index (Phi) is 6.45. The molecule has 0 bridgehead atoms. The Morgan fingerprint density at radius 3 is 2.55 bits per heavy atom. The molecule has 0 amide bonds. The first-order chi connectivity index (χ1) is 10.7. The molecule has 0 aliphatic heterocycles. The number of hydrogen-bond acceptors (Lipinski definition) is 4. The molecule has 112 valence electrons. The van der Waals surface area contributed by atoms with Crippen LogP contribution in [0.2, 0.25) is 0 Å². The van der Waals surface area contributed by atoms with Crippen LogP contribution in [0.4, 0.5) is 0 Å². The minimum Gasteiger partial charge on any atom is -0.495 e. The van der Waals surface area contributed by atoms with Crippen LogP contribution in [0, 0.1) is 18.5 Å². The van der Waals surface area contributed by atoms with Crippen LogP contribution >= 0.6 is 45.2 Å². The van der Waals surface area contributed by atoms with Gasteiger partial charge in [-0.1, -0.05) is 23.4 Å². The Bertz CT molecular complexity index is 716. The third-order valence-corrected chi connectivity index (χ3v) is 4.46. The van der Waals surface area contributed by atoms with Crippen LogP contribution < -0.4 is 4.74 Å². The van der Waals surface area contributed by atoms with Crippen LogP contribution in [0.25, 0.3) is 0 Å². The van der Waals surface area contributed by atoms with Crippen molar-refractivity contribution in [2.45, 2.75) is 6.61 Å². The number of hydrogen-bond donors (Lipinski definition) is 0. The van der Waals surface area contributed by atoms with Crippen LogP contribution in [0.5, 0.6) is 5.75 Å². The van der Waals surface area contributed by atoms with Crippen molar-refractivity contribution in [3.63, 3.8) is 0 Å². The number of nitriles is 1. The Balaban J connectivity index is 2.03. The van der Waals surface area contributed by atoms with Crippen LogP contribution in [-0.2, 0) is 11.4 Å². The Morgan fingerprint density at radius 1 is 1.23 bits per heavy atom. The molecular weight excluding hydrogens is 506 g/mol. The molecule has 0 saturated heterocycles. The van der Waals surface area contributed by atoms with Gasteiger partial charge in [0.15, 0.2) is 0 Å². The lowest BCUT2D eigenvalue weighted by atomic mass is 10.1. The predicted octanol–water partition coefficient (Wildman–Crippen LogP) is 4.33. The molecule has 0 unspecified atom stereocenters. The second-order valence-corrected chi connectivity index (χ2v) is 6.62. The van der Waals surface area contributed by atoms with E-state index in [0.717, 1.165) is 24.0 Å². The van der Waals surface area contributed by atoms with E-state index in [-0.39, 0.29) is 6.61 Å². The molecule has 0 aliphatic carbocycles. The van der Waals surface area contributed by atoms with Crippen LogP contribution in [0.15, 0.2) is 41.6 Å².